The molecular formula is C39H56N3O3+3. The second-order valence-corrected chi connectivity index (χ2v) is 8.75. The molecule has 6 rings (SSSR count). The number of para-hydroxylation sites is 2. The van der Waals surface area contributed by atoms with E-state index in [-0.39, 0.29) is 0 Å². The number of hydrogen-bond donors (Lipinski definition) is 2. The van der Waals surface area contributed by atoms with E-state index in [2.05, 4.69) is 19.1 Å². The number of nitrogens with zero attached hydrogens (tertiary/aromatic N) is 3. The molecule has 6 heteroatoms. The summed E-state index contributed by atoms with van der Waals surface area (Å²) >= 11 is 0. The van der Waals surface area contributed by atoms with E-state index in [1.807, 2.05) is 154 Å². The van der Waals surface area contributed by atoms with Crippen LogP contribution in [0.2, 0.25) is 0 Å². The molecule has 3 aromatic carbocycles. The molecule has 0 saturated heterocycles. The first kappa shape index (κ1) is 40.3. The maximum absolute atomic E-state index is 9.41. The van der Waals surface area contributed by atoms with E-state index >= 15 is 0 Å². The summed E-state index contributed by atoms with van der Waals surface area (Å²) in [6.07, 6.45) is 5.21. The van der Waals surface area contributed by atoms with Gasteiger partial charge in [-0.1, -0.05) is 91.8 Å². The first-order valence-corrected chi connectivity index (χ1v) is 16.0. The number of aryl methyl sites for hydroxylation is 3. The number of hydrogen-bond acceptors (Lipinski definition) is 3. The van der Waals surface area contributed by atoms with Crippen molar-refractivity contribution in [2.24, 2.45) is 0 Å². The van der Waals surface area contributed by atoms with Crippen molar-refractivity contribution < 1.29 is 29.4 Å². The summed E-state index contributed by atoms with van der Waals surface area (Å²) in [4.78, 5) is 5.20. The maximum atomic E-state index is 9.41. The molecule has 242 valence electrons. The van der Waals surface area contributed by atoms with Crippen LogP contribution in [0, 0.1) is 20.8 Å². The first-order chi connectivity index (χ1) is 21.9. The van der Waals surface area contributed by atoms with Crippen LogP contribution in [0.15, 0.2) is 110 Å². The molecule has 3 aromatic heterocycles. The Bertz CT molecular complexity index is 1520. The summed E-state index contributed by atoms with van der Waals surface area (Å²) in [5.41, 5.74) is 6.41. The van der Waals surface area contributed by atoms with Gasteiger partial charge in [0.25, 0.3) is 16.6 Å². The Morgan fingerprint density at radius 3 is 1.20 bits per heavy atom. The third-order valence-electron chi connectivity index (χ3n) is 6.30. The van der Waals surface area contributed by atoms with Crippen LogP contribution in [0.3, 0.4) is 0 Å². The van der Waals surface area contributed by atoms with E-state index < -0.39 is 0 Å². The lowest BCUT2D eigenvalue weighted by molar-refractivity contribution is -0.884. The van der Waals surface area contributed by atoms with E-state index in [1.54, 1.807) is 24.2 Å². The van der Waals surface area contributed by atoms with Crippen molar-refractivity contribution in [3.05, 3.63) is 126 Å². The van der Waals surface area contributed by atoms with E-state index in [9.17, 15) is 10.4 Å². The SMILES string of the molecule is CC.CC.CC.CC.CO[n+]1cccc2c(C)cccc21.Cc1cc[n+](O)c2ccccc12.Cc1cc[n+](O)c2ccccc12. The quantitative estimate of drug-likeness (QED) is 0.144. The highest BCUT2D eigenvalue weighted by Gasteiger charge is 2.09. The topological polar surface area (TPSA) is 61.3 Å². The van der Waals surface area contributed by atoms with Crippen LogP contribution in [0.5, 0.6) is 0 Å². The van der Waals surface area contributed by atoms with Crippen molar-refractivity contribution in [1.29, 1.82) is 0 Å². The lowest BCUT2D eigenvalue weighted by Gasteiger charge is -1.98. The lowest BCUT2D eigenvalue weighted by Crippen LogP contribution is -2.40. The number of aromatic nitrogens is 3. The normalized spacial score (nSPS) is 9.07. The molecule has 0 aliphatic rings. The second kappa shape index (κ2) is 22.8. The molecule has 6 nitrogen and oxygen atoms in total. The lowest BCUT2D eigenvalue weighted by atomic mass is 10.1. The highest BCUT2D eigenvalue weighted by atomic mass is 16.6. The molecule has 0 aliphatic carbocycles. The molecule has 6 aromatic rings. The van der Waals surface area contributed by atoms with Crippen LogP contribution in [-0.2, 0) is 0 Å². The molecule has 0 aliphatic heterocycles. The number of benzene rings is 3. The fourth-order valence-corrected chi connectivity index (χ4v) is 4.25. The summed E-state index contributed by atoms with van der Waals surface area (Å²) in [6.45, 7) is 22.2. The summed E-state index contributed by atoms with van der Waals surface area (Å²) in [7, 11) is 1.67. The molecular weight excluding hydrogens is 558 g/mol. The minimum Gasteiger partial charge on any atom is -0.285 e. The predicted molar refractivity (Wildman–Crippen MR) is 189 cm³/mol. The van der Waals surface area contributed by atoms with Gasteiger partial charge in [-0.3, -0.25) is 15.3 Å². The van der Waals surface area contributed by atoms with Gasteiger partial charge in [0, 0.05) is 50.6 Å². The average molecular weight is 615 g/mol. The van der Waals surface area contributed by atoms with Gasteiger partial charge in [0.2, 0.25) is 18.6 Å². The average Bonchev–Trinajstić information content (AvgIpc) is 3.12. The minimum atomic E-state index is 0.845. The zero-order chi connectivity index (χ0) is 34.4. The van der Waals surface area contributed by atoms with Crippen LogP contribution in [0.4, 0.5) is 0 Å². The Hall–Kier alpha value is -4.71. The molecule has 0 amide bonds. The molecule has 0 bridgehead atoms. The minimum absolute atomic E-state index is 0.845. The van der Waals surface area contributed by atoms with Gasteiger partial charge >= 0.3 is 0 Å². The molecule has 0 fully saturated rings. The highest BCUT2D eigenvalue weighted by molar-refractivity contribution is 5.80. The van der Waals surface area contributed by atoms with Crippen molar-refractivity contribution in [3.8, 4) is 0 Å². The Morgan fingerprint density at radius 2 is 0.778 bits per heavy atom. The molecule has 0 spiro atoms. The van der Waals surface area contributed by atoms with E-state index in [0.717, 1.165) is 36.8 Å². The number of rotatable bonds is 1. The molecule has 0 radical (unpaired) electrons. The van der Waals surface area contributed by atoms with Gasteiger partial charge in [0.15, 0.2) is 0 Å². The van der Waals surface area contributed by atoms with E-state index in [1.165, 1.54) is 22.1 Å². The van der Waals surface area contributed by atoms with Crippen molar-refractivity contribution in [2.75, 3.05) is 7.11 Å². The van der Waals surface area contributed by atoms with Crippen LogP contribution in [0.1, 0.15) is 72.1 Å². The maximum Gasteiger partial charge on any atom is 0.264 e. The fraction of sp³-hybridized carbons (Fsp3) is 0.308. The third kappa shape index (κ3) is 11.4. The second-order valence-electron chi connectivity index (χ2n) is 8.75. The molecule has 2 N–H and O–H groups in total. The Morgan fingerprint density at radius 1 is 0.422 bits per heavy atom. The molecule has 3 heterocycles. The smallest absolute Gasteiger partial charge is 0.264 e. The Labute approximate surface area is 271 Å². The van der Waals surface area contributed by atoms with Gasteiger partial charge < -0.3 is 0 Å². The Balaban J connectivity index is 0.000000580. The molecule has 0 unspecified atom stereocenters. The Kier molecular flexibility index (Phi) is 20.4. The largest absolute Gasteiger partial charge is 0.285 e. The molecule has 0 saturated carbocycles. The van der Waals surface area contributed by atoms with Crippen molar-refractivity contribution in [1.82, 2.24) is 0 Å². The van der Waals surface area contributed by atoms with Crippen molar-refractivity contribution in [2.45, 2.75) is 76.2 Å². The van der Waals surface area contributed by atoms with Gasteiger partial charge in [0.05, 0.1) is 16.2 Å². The summed E-state index contributed by atoms with van der Waals surface area (Å²) < 4.78 is 4.05. The van der Waals surface area contributed by atoms with Gasteiger partial charge in [-0.15, -0.1) is 0 Å². The van der Waals surface area contributed by atoms with Crippen LogP contribution < -0.4 is 19.0 Å². The first-order valence-electron chi connectivity index (χ1n) is 16.0. The standard InChI is InChI=1S/C11H12NO.2C10H10NO.4C2H6/c1-9-5-3-7-11-10(9)6-4-8-12(11)13-2;2*1-8-6-7-11(12)10-5-3-2-4-9(8)10;4*1-2/h3-8H,1-2H3;2*2-7,12H,1H3;4*1-2H3/q3*+1;;;;. The van der Waals surface area contributed by atoms with Crippen molar-refractivity contribution >= 4 is 32.7 Å². The number of fused-ring (bicyclic) bond motifs is 3. The summed E-state index contributed by atoms with van der Waals surface area (Å²) in [6, 6.07) is 29.6. The van der Waals surface area contributed by atoms with Crippen LogP contribution >= 0.6 is 0 Å². The fourth-order valence-electron chi connectivity index (χ4n) is 4.25. The highest BCUT2D eigenvalue weighted by Crippen LogP contribution is 2.14. The summed E-state index contributed by atoms with van der Waals surface area (Å²) in [5, 5.41) is 22.2. The van der Waals surface area contributed by atoms with Gasteiger partial charge in [0.1, 0.15) is 7.11 Å². The molecule has 0 atom stereocenters. The van der Waals surface area contributed by atoms with Gasteiger partial charge in [-0.25, -0.2) is 0 Å². The van der Waals surface area contributed by atoms with Gasteiger partial charge in [-0.2, -0.15) is 0 Å². The predicted octanol–water partition coefficient (Wildman–Crippen LogP) is 8.94. The monoisotopic (exact) mass is 614 g/mol. The zero-order valence-electron chi connectivity index (χ0n) is 29.5. The third-order valence-corrected chi connectivity index (χ3v) is 6.30. The molecule has 45 heavy (non-hydrogen) atoms. The van der Waals surface area contributed by atoms with E-state index in [4.69, 9.17) is 4.84 Å². The zero-order valence-corrected chi connectivity index (χ0v) is 29.5. The van der Waals surface area contributed by atoms with Gasteiger partial charge in [-0.05, 0) is 55.7 Å². The number of pyridine rings is 3. The summed E-state index contributed by atoms with van der Waals surface area (Å²) in [5.74, 6) is 0. The van der Waals surface area contributed by atoms with Crippen LogP contribution in [-0.4, -0.2) is 17.5 Å². The van der Waals surface area contributed by atoms with Crippen LogP contribution in [0.25, 0.3) is 32.7 Å². The van der Waals surface area contributed by atoms with Crippen molar-refractivity contribution in [3.63, 3.8) is 0 Å². The van der Waals surface area contributed by atoms with E-state index in [0.29, 0.717) is 0 Å².